The first-order valence-electron chi connectivity index (χ1n) is 13.4. The van der Waals surface area contributed by atoms with Gasteiger partial charge in [0.1, 0.15) is 5.69 Å². The molecule has 1 saturated carbocycles. The van der Waals surface area contributed by atoms with Crippen molar-refractivity contribution in [3.8, 4) is 33.7 Å². The van der Waals surface area contributed by atoms with Gasteiger partial charge in [0.2, 0.25) is 0 Å². The molecule has 198 valence electrons. The maximum Gasteiger partial charge on any atom is 0.312 e. The Bertz CT molecular complexity index is 1420. The summed E-state index contributed by atoms with van der Waals surface area (Å²) in [6.45, 7) is 4.96. The summed E-state index contributed by atoms with van der Waals surface area (Å²) in [7, 11) is 1.72. The van der Waals surface area contributed by atoms with Gasteiger partial charge in [0.25, 0.3) is 0 Å². The molecule has 1 heterocycles. The highest BCUT2D eigenvalue weighted by atomic mass is 16.5. The van der Waals surface area contributed by atoms with E-state index in [2.05, 4.69) is 78.8 Å². The Morgan fingerprint density at radius 1 is 1.00 bits per heavy atom. The van der Waals surface area contributed by atoms with Gasteiger partial charge in [-0.05, 0) is 85.9 Å². The van der Waals surface area contributed by atoms with Crippen LogP contribution >= 0.6 is 0 Å². The molecule has 0 N–H and O–H groups in total. The fourth-order valence-corrected chi connectivity index (χ4v) is 5.22. The first kappa shape index (κ1) is 25.9. The third kappa shape index (κ3) is 5.58. The van der Waals surface area contributed by atoms with E-state index in [0.717, 1.165) is 65.8 Å². The average molecular weight is 512 g/mol. The molecule has 0 saturated heterocycles. The molecule has 0 radical (unpaired) electrons. The van der Waals surface area contributed by atoms with Gasteiger partial charge in [-0.1, -0.05) is 59.8 Å². The molecule has 5 nitrogen and oxygen atoms in total. The van der Waals surface area contributed by atoms with Crippen molar-refractivity contribution in [2.24, 2.45) is 5.41 Å². The van der Waals surface area contributed by atoms with Crippen molar-refractivity contribution in [2.45, 2.75) is 52.6 Å². The molecule has 5 heteroatoms. The van der Waals surface area contributed by atoms with Crippen LogP contribution in [-0.2, 0) is 27.3 Å². The van der Waals surface area contributed by atoms with Crippen molar-refractivity contribution < 1.29 is 20.2 Å². The van der Waals surface area contributed by atoms with Crippen LogP contribution in [0.2, 0.25) is 0 Å². The standard InChI is InChI=1S/C33H35NO4.H2/c1-4-37-32(35)33(17-18-33)16-8-11-24-10-7-12-25(19-24)30-21-31(38-34-30)26-14-15-29(27(20-26)22-36-3)28-13-6-5-9-23(28)2;/h5-7,9-10,12-15,19-21H,4,8,11,16-18,22H2,1-3H3;1H. The highest BCUT2D eigenvalue weighted by Gasteiger charge is 2.50. The summed E-state index contributed by atoms with van der Waals surface area (Å²) in [6, 6.07) is 25.2. The second-order valence-electron chi connectivity index (χ2n) is 10.3. The Kier molecular flexibility index (Phi) is 7.75. The van der Waals surface area contributed by atoms with Gasteiger partial charge in [-0.3, -0.25) is 4.79 Å². The zero-order valence-electron chi connectivity index (χ0n) is 22.5. The maximum atomic E-state index is 12.2. The van der Waals surface area contributed by atoms with E-state index in [1.165, 1.54) is 16.7 Å². The zero-order chi connectivity index (χ0) is 26.5. The molecule has 0 spiro atoms. The van der Waals surface area contributed by atoms with E-state index >= 15 is 0 Å². The third-order valence-corrected chi connectivity index (χ3v) is 7.54. The van der Waals surface area contributed by atoms with Crippen LogP contribution in [-0.4, -0.2) is 24.8 Å². The van der Waals surface area contributed by atoms with Crippen molar-refractivity contribution >= 4 is 5.97 Å². The normalized spacial score (nSPS) is 13.9. The highest BCUT2D eigenvalue weighted by Crippen LogP contribution is 2.51. The monoisotopic (exact) mass is 511 g/mol. The van der Waals surface area contributed by atoms with Crippen LogP contribution in [0.25, 0.3) is 33.7 Å². The summed E-state index contributed by atoms with van der Waals surface area (Å²) < 4.78 is 16.6. The minimum Gasteiger partial charge on any atom is -0.466 e. The largest absolute Gasteiger partial charge is 0.466 e. The number of aromatic nitrogens is 1. The molecular weight excluding hydrogens is 474 g/mol. The summed E-state index contributed by atoms with van der Waals surface area (Å²) in [5.41, 5.74) is 8.51. The third-order valence-electron chi connectivity index (χ3n) is 7.54. The summed E-state index contributed by atoms with van der Waals surface area (Å²) in [5, 5.41) is 4.38. The van der Waals surface area contributed by atoms with E-state index in [4.69, 9.17) is 14.0 Å². The maximum absolute atomic E-state index is 12.2. The number of rotatable bonds is 11. The molecular formula is C33H37NO4. The summed E-state index contributed by atoms with van der Waals surface area (Å²) in [4.78, 5) is 12.2. The summed E-state index contributed by atoms with van der Waals surface area (Å²) >= 11 is 0. The van der Waals surface area contributed by atoms with Crippen LogP contribution in [0.3, 0.4) is 0 Å². The Balaban J connectivity index is 0.00000353. The van der Waals surface area contributed by atoms with E-state index in [9.17, 15) is 4.79 Å². The van der Waals surface area contributed by atoms with Gasteiger partial charge < -0.3 is 14.0 Å². The number of carbonyl (C=O) groups excluding carboxylic acids is 1. The van der Waals surface area contributed by atoms with Crippen molar-refractivity contribution in [1.82, 2.24) is 5.16 Å². The minimum absolute atomic E-state index is 0. The number of hydrogen-bond acceptors (Lipinski definition) is 5. The number of methoxy groups -OCH3 is 1. The summed E-state index contributed by atoms with van der Waals surface area (Å²) in [6.07, 6.45) is 4.66. The van der Waals surface area contributed by atoms with Gasteiger partial charge in [-0.25, -0.2) is 0 Å². The molecule has 0 unspecified atom stereocenters. The number of nitrogens with zero attached hydrogens (tertiary/aromatic N) is 1. The van der Waals surface area contributed by atoms with Gasteiger partial charge in [0.05, 0.1) is 18.6 Å². The zero-order valence-corrected chi connectivity index (χ0v) is 22.5. The fraction of sp³-hybridized carbons (Fsp3) is 0.333. The van der Waals surface area contributed by atoms with Crippen LogP contribution in [0.4, 0.5) is 0 Å². The lowest BCUT2D eigenvalue weighted by atomic mass is 9.94. The molecule has 1 aliphatic carbocycles. The van der Waals surface area contributed by atoms with Crippen molar-refractivity contribution in [3.63, 3.8) is 0 Å². The SMILES string of the molecule is CCOC(=O)C1(CCCc2cccc(-c3cc(-c4ccc(-c5ccccc5C)c(COC)c4)on3)c2)CC1.[HH]. The lowest BCUT2D eigenvalue weighted by molar-refractivity contribution is -0.150. The van der Waals surface area contributed by atoms with E-state index in [0.29, 0.717) is 13.2 Å². The van der Waals surface area contributed by atoms with E-state index in [-0.39, 0.29) is 12.8 Å². The van der Waals surface area contributed by atoms with E-state index in [1.54, 1.807) is 7.11 Å². The lowest BCUT2D eigenvalue weighted by Crippen LogP contribution is -2.19. The molecule has 0 amide bonds. The van der Waals surface area contributed by atoms with E-state index in [1.807, 2.05) is 13.0 Å². The number of esters is 1. The van der Waals surface area contributed by atoms with Gasteiger partial charge in [0, 0.05) is 25.7 Å². The molecule has 38 heavy (non-hydrogen) atoms. The van der Waals surface area contributed by atoms with Crippen LogP contribution in [0.5, 0.6) is 0 Å². The number of aryl methyl sites for hydroxylation is 2. The Hall–Kier alpha value is -3.70. The van der Waals surface area contributed by atoms with Crippen molar-refractivity contribution in [2.75, 3.05) is 13.7 Å². The van der Waals surface area contributed by atoms with Crippen molar-refractivity contribution in [3.05, 3.63) is 89.5 Å². The van der Waals surface area contributed by atoms with Crippen molar-refractivity contribution in [1.29, 1.82) is 0 Å². The first-order valence-corrected chi connectivity index (χ1v) is 13.4. The topological polar surface area (TPSA) is 61.6 Å². The van der Waals surface area contributed by atoms with Crippen LogP contribution in [0.1, 0.15) is 50.7 Å². The smallest absolute Gasteiger partial charge is 0.312 e. The Morgan fingerprint density at radius 3 is 2.61 bits per heavy atom. The molecule has 0 atom stereocenters. The second-order valence-corrected chi connectivity index (χ2v) is 10.3. The quantitative estimate of drug-likeness (QED) is 0.191. The Morgan fingerprint density at radius 2 is 1.84 bits per heavy atom. The van der Waals surface area contributed by atoms with Gasteiger partial charge in [-0.2, -0.15) is 0 Å². The van der Waals surface area contributed by atoms with Gasteiger partial charge in [0.15, 0.2) is 5.76 Å². The molecule has 3 aromatic carbocycles. The minimum atomic E-state index is -0.231. The molecule has 1 fully saturated rings. The molecule has 0 aliphatic heterocycles. The highest BCUT2D eigenvalue weighted by molar-refractivity contribution is 5.79. The lowest BCUT2D eigenvalue weighted by Gasteiger charge is -2.13. The van der Waals surface area contributed by atoms with Gasteiger partial charge in [-0.15, -0.1) is 0 Å². The number of benzene rings is 3. The number of ether oxygens (including phenoxy) is 2. The predicted octanol–water partition coefficient (Wildman–Crippen LogP) is 8.04. The average Bonchev–Trinajstić information content (AvgIpc) is 3.55. The number of carbonyl (C=O) groups is 1. The van der Waals surface area contributed by atoms with Crippen LogP contribution in [0.15, 0.2) is 77.3 Å². The molecule has 1 aliphatic rings. The molecule has 4 aromatic rings. The molecule has 1 aromatic heterocycles. The van der Waals surface area contributed by atoms with E-state index < -0.39 is 0 Å². The summed E-state index contributed by atoms with van der Waals surface area (Å²) in [5.74, 6) is 0.702. The predicted molar refractivity (Wildman–Crippen MR) is 152 cm³/mol. The molecule has 5 rings (SSSR count). The van der Waals surface area contributed by atoms with Crippen LogP contribution in [0, 0.1) is 12.3 Å². The van der Waals surface area contributed by atoms with Crippen LogP contribution < -0.4 is 0 Å². The Labute approximate surface area is 226 Å². The van der Waals surface area contributed by atoms with Gasteiger partial charge >= 0.3 is 5.97 Å². The fourth-order valence-electron chi connectivity index (χ4n) is 5.22. The first-order chi connectivity index (χ1) is 18.5. The number of hydrogen-bond donors (Lipinski definition) is 0. The second kappa shape index (κ2) is 11.4. The molecule has 0 bridgehead atoms.